The van der Waals surface area contributed by atoms with Crippen molar-refractivity contribution in [2.24, 2.45) is 0 Å². The van der Waals surface area contributed by atoms with Gasteiger partial charge in [0.25, 0.3) is 0 Å². The molecular formula is C8H12BrNS. The predicted molar refractivity (Wildman–Crippen MR) is 55.4 cm³/mol. The van der Waals surface area contributed by atoms with Crippen molar-refractivity contribution in [1.82, 2.24) is 0 Å². The van der Waals surface area contributed by atoms with Crippen LogP contribution in [-0.4, -0.2) is 6.04 Å². The standard InChI is InChI=1S/C8H12BrNS/c1-3-6(2)10-8-5-4-7(9)11-8/h4-6,10H,3H2,1-2H3/t6-/m0/s1. The fourth-order valence-electron chi connectivity index (χ4n) is 0.737. The molecule has 1 N–H and O–H groups in total. The number of rotatable bonds is 3. The first-order valence-electron chi connectivity index (χ1n) is 3.74. The average Bonchev–Trinajstić information content (AvgIpc) is 2.35. The molecule has 1 atom stereocenters. The van der Waals surface area contributed by atoms with Crippen molar-refractivity contribution in [2.75, 3.05) is 5.32 Å². The lowest BCUT2D eigenvalue weighted by Gasteiger charge is -2.09. The second-order valence-electron chi connectivity index (χ2n) is 2.56. The summed E-state index contributed by atoms with van der Waals surface area (Å²) < 4.78 is 1.18. The summed E-state index contributed by atoms with van der Waals surface area (Å²) in [5, 5.41) is 4.64. The Labute approximate surface area is 79.9 Å². The molecule has 0 aliphatic rings. The van der Waals surface area contributed by atoms with Gasteiger partial charge in [-0.05, 0) is 41.4 Å². The van der Waals surface area contributed by atoms with E-state index in [0.717, 1.165) is 6.42 Å². The van der Waals surface area contributed by atoms with Crippen LogP contribution in [0.25, 0.3) is 0 Å². The van der Waals surface area contributed by atoms with Gasteiger partial charge in [-0.2, -0.15) is 0 Å². The van der Waals surface area contributed by atoms with Crippen LogP contribution in [0.5, 0.6) is 0 Å². The van der Waals surface area contributed by atoms with Gasteiger partial charge < -0.3 is 5.32 Å². The topological polar surface area (TPSA) is 12.0 Å². The van der Waals surface area contributed by atoms with Crippen molar-refractivity contribution < 1.29 is 0 Å². The molecule has 3 heteroatoms. The fourth-order valence-corrected chi connectivity index (χ4v) is 2.13. The third-order valence-corrected chi connectivity index (χ3v) is 3.13. The molecule has 0 amide bonds. The molecule has 0 unspecified atom stereocenters. The third kappa shape index (κ3) is 2.83. The lowest BCUT2D eigenvalue weighted by Crippen LogP contribution is -2.11. The van der Waals surface area contributed by atoms with Crippen molar-refractivity contribution >= 4 is 32.3 Å². The maximum Gasteiger partial charge on any atom is 0.0896 e. The minimum absolute atomic E-state index is 0.570. The van der Waals surface area contributed by atoms with E-state index in [1.165, 1.54) is 8.79 Å². The van der Waals surface area contributed by atoms with Gasteiger partial charge >= 0.3 is 0 Å². The van der Waals surface area contributed by atoms with E-state index in [1.54, 1.807) is 11.3 Å². The predicted octanol–water partition coefficient (Wildman–Crippen LogP) is 3.72. The molecule has 0 spiro atoms. The van der Waals surface area contributed by atoms with Crippen LogP contribution in [-0.2, 0) is 0 Å². The van der Waals surface area contributed by atoms with Crippen LogP contribution < -0.4 is 5.32 Å². The average molecular weight is 234 g/mol. The Kier molecular flexibility index (Phi) is 3.40. The van der Waals surface area contributed by atoms with Gasteiger partial charge in [-0.1, -0.05) is 6.92 Å². The van der Waals surface area contributed by atoms with Gasteiger partial charge in [0.15, 0.2) is 0 Å². The Hall–Kier alpha value is -0.0200. The third-order valence-electron chi connectivity index (χ3n) is 1.57. The molecule has 0 saturated carbocycles. The van der Waals surface area contributed by atoms with Crippen LogP contribution in [0, 0.1) is 0 Å². The monoisotopic (exact) mass is 233 g/mol. The Balaban J connectivity index is 2.50. The minimum atomic E-state index is 0.570. The molecule has 1 aromatic rings. The molecule has 0 radical (unpaired) electrons. The van der Waals surface area contributed by atoms with Crippen molar-refractivity contribution in [3.05, 3.63) is 15.9 Å². The largest absolute Gasteiger partial charge is 0.374 e. The second-order valence-corrected chi connectivity index (χ2v) is 5.02. The van der Waals surface area contributed by atoms with Gasteiger partial charge in [-0.15, -0.1) is 11.3 Å². The highest BCUT2D eigenvalue weighted by Gasteiger charge is 2.00. The molecule has 1 aromatic heterocycles. The maximum atomic E-state index is 3.42. The number of nitrogens with one attached hydrogen (secondary N) is 1. The Bertz CT molecular complexity index is 222. The lowest BCUT2D eigenvalue weighted by atomic mass is 10.3. The summed E-state index contributed by atoms with van der Waals surface area (Å²) >= 11 is 5.16. The number of thiophene rings is 1. The van der Waals surface area contributed by atoms with Crippen LogP contribution in [0.3, 0.4) is 0 Å². The van der Waals surface area contributed by atoms with E-state index in [1.807, 2.05) is 0 Å². The van der Waals surface area contributed by atoms with Gasteiger partial charge in [-0.3, -0.25) is 0 Å². The first-order chi connectivity index (χ1) is 5.22. The van der Waals surface area contributed by atoms with Gasteiger partial charge in [0.2, 0.25) is 0 Å². The summed E-state index contributed by atoms with van der Waals surface area (Å²) in [5.41, 5.74) is 0. The maximum absolute atomic E-state index is 3.42. The number of hydrogen-bond donors (Lipinski definition) is 1. The highest BCUT2D eigenvalue weighted by Crippen LogP contribution is 2.27. The number of hydrogen-bond acceptors (Lipinski definition) is 2. The summed E-state index contributed by atoms with van der Waals surface area (Å²) in [4.78, 5) is 0. The van der Waals surface area contributed by atoms with E-state index in [9.17, 15) is 0 Å². The molecule has 0 fully saturated rings. The Morgan fingerprint density at radius 3 is 2.82 bits per heavy atom. The molecule has 0 aromatic carbocycles. The zero-order valence-electron chi connectivity index (χ0n) is 6.73. The van der Waals surface area contributed by atoms with Gasteiger partial charge in [-0.25, -0.2) is 0 Å². The summed E-state index contributed by atoms with van der Waals surface area (Å²) in [5.74, 6) is 0. The second kappa shape index (κ2) is 4.12. The van der Waals surface area contributed by atoms with Crippen molar-refractivity contribution in [2.45, 2.75) is 26.3 Å². The van der Waals surface area contributed by atoms with Crippen LogP contribution in [0.2, 0.25) is 0 Å². The van der Waals surface area contributed by atoms with E-state index in [2.05, 4.69) is 47.2 Å². The highest BCUT2D eigenvalue weighted by atomic mass is 79.9. The molecule has 62 valence electrons. The zero-order valence-corrected chi connectivity index (χ0v) is 9.13. The first-order valence-corrected chi connectivity index (χ1v) is 5.35. The van der Waals surface area contributed by atoms with E-state index in [0.29, 0.717) is 6.04 Å². The molecular weight excluding hydrogens is 222 g/mol. The summed E-state index contributed by atoms with van der Waals surface area (Å²) in [6.45, 7) is 4.37. The van der Waals surface area contributed by atoms with Crippen molar-refractivity contribution in [3.8, 4) is 0 Å². The van der Waals surface area contributed by atoms with Crippen LogP contribution in [0.4, 0.5) is 5.00 Å². The van der Waals surface area contributed by atoms with Crippen LogP contribution in [0.1, 0.15) is 20.3 Å². The number of halogens is 1. The molecule has 0 aliphatic carbocycles. The van der Waals surface area contributed by atoms with E-state index < -0.39 is 0 Å². The summed E-state index contributed by atoms with van der Waals surface area (Å²) in [6, 6.07) is 4.73. The van der Waals surface area contributed by atoms with Crippen molar-refractivity contribution in [3.63, 3.8) is 0 Å². The molecule has 0 aliphatic heterocycles. The summed E-state index contributed by atoms with van der Waals surface area (Å²) in [7, 11) is 0. The molecule has 0 bridgehead atoms. The first kappa shape index (κ1) is 9.07. The van der Waals surface area contributed by atoms with Gasteiger partial charge in [0.05, 0.1) is 8.79 Å². The van der Waals surface area contributed by atoms with Gasteiger partial charge in [0.1, 0.15) is 0 Å². The van der Waals surface area contributed by atoms with E-state index in [-0.39, 0.29) is 0 Å². The smallest absolute Gasteiger partial charge is 0.0896 e. The van der Waals surface area contributed by atoms with E-state index in [4.69, 9.17) is 0 Å². The molecule has 1 nitrogen and oxygen atoms in total. The van der Waals surface area contributed by atoms with Crippen LogP contribution in [0.15, 0.2) is 15.9 Å². The summed E-state index contributed by atoms with van der Waals surface area (Å²) in [6.07, 6.45) is 1.16. The van der Waals surface area contributed by atoms with Crippen LogP contribution >= 0.6 is 27.3 Å². The lowest BCUT2D eigenvalue weighted by molar-refractivity contribution is 0.767. The molecule has 11 heavy (non-hydrogen) atoms. The minimum Gasteiger partial charge on any atom is -0.374 e. The molecule has 1 rings (SSSR count). The van der Waals surface area contributed by atoms with E-state index >= 15 is 0 Å². The van der Waals surface area contributed by atoms with Crippen molar-refractivity contribution in [1.29, 1.82) is 0 Å². The highest BCUT2D eigenvalue weighted by molar-refractivity contribution is 9.11. The Morgan fingerprint density at radius 2 is 2.36 bits per heavy atom. The quantitative estimate of drug-likeness (QED) is 0.840. The Morgan fingerprint density at radius 1 is 1.64 bits per heavy atom. The fraction of sp³-hybridized carbons (Fsp3) is 0.500. The SMILES string of the molecule is CC[C@H](C)Nc1ccc(Br)s1. The normalized spacial score (nSPS) is 13.0. The number of anilines is 1. The van der Waals surface area contributed by atoms with Gasteiger partial charge in [0, 0.05) is 6.04 Å². The molecule has 1 heterocycles. The zero-order chi connectivity index (χ0) is 8.27. The molecule has 0 saturated heterocycles.